The van der Waals surface area contributed by atoms with Crippen LogP contribution in [0.1, 0.15) is 30.0 Å². The van der Waals surface area contributed by atoms with Gasteiger partial charge in [0.2, 0.25) is 11.8 Å². The average Bonchev–Trinajstić information content (AvgIpc) is 3.65. The molecule has 1 saturated heterocycles. The molecule has 1 fully saturated rings. The number of hydrogen-bond acceptors (Lipinski definition) is 7. The van der Waals surface area contributed by atoms with Gasteiger partial charge in [-0.2, -0.15) is 0 Å². The molecule has 0 bridgehead atoms. The van der Waals surface area contributed by atoms with E-state index in [-0.39, 0.29) is 24.5 Å². The Bertz CT molecular complexity index is 1500. The molecule has 1 aliphatic heterocycles. The third-order valence-corrected chi connectivity index (χ3v) is 7.14. The molecule has 40 heavy (non-hydrogen) atoms. The molecule has 2 unspecified atom stereocenters. The molecule has 10 heteroatoms. The summed E-state index contributed by atoms with van der Waals surface area (Å²) in [5, 5.41) is 11.5. The molecule has 10 nitrogen and oxygen atoms in total. The summed E-state index contributed by atoms with van der Waals surface area (Å²) < 4.78 is 18.2. The van der Waals surface area contributed by atoms with E-state index < -0.39 is 6.04 Å². The topological polar surface area (TPSA) is 108 Å². The van der Waals surface area contributed by atoms with E-state index in [1.807, 2.05) is 55.5 Å². The van der Waals surface area contributed by atoms with Crippen molar-refractivity contribution in [3.8, 4) is 11.5 Å². The van der Waals surface area contributed by atoms with Crippen LogP contribution in [-0.2, 0) is 20.9 Å². The molecule has 2 atom stereocenters. The highest BCUT2D eigenvalue weighted by Crippen LogP contribution is 2.36. The maximum atomic E-state index is 14.3. The van der Waals surface area contributed by atoms with Crippen molar-refractivity contribution in [1.29, 1.82) is 0 Å². The van der Waals surface area contributed by atoms with Crippen LogP contribution in [0.15, 0.2) is 66.7 Å². The minimum Gasteiger partial charge on any atom is -0.493 e. The summed E-state index contributed by atoms with van der Waals surface area (Å²) in [4.78, 5) is 29.8. The number of hydrogen-bond donors (Lipinski definition) is 1. The first-order valence-electron chi connectivity index (χ1n) is 13.3. The van der Waals surface area contributed by atoms with Gasteiger partial charge in [0.05, 0.1) is 25.8 Å². The van der Waals surface area contributed by atoms with Crippen molar-refractivity contribution in [2.45, 2.75) is 38.5 Å². The second-order valence-electron chi connectivity index (χ2n) is 9.68. The lowest BCUT2D eigenvalue weighted by molar-refractivity contribution is -0.127. The lowest BCUT2D eigenvalue weighted by atomic mass is 9.98. The number of nitrogens with zero attached hydrogens (tertiary/aromatic N) is 4. The fourth-order valence-corrected chi connectivity index (χ4v) is 5.06. The Morgan fingerprint density at radius 2 is 1.85 bits per heavy atom. The molecule has 0 aliphatic carbocycles. The molecule has 0 saturated carbocycles. The molecule has 0 radical (unpaired) electrons. The molecule has 3 aromatic carbocycles. The molecule has 4 aromatic rings. The number of fused-ring (bicyclic) bond motifs is 1. The third kappa shape index (κ3) is 5.62. The van der Waals surface area contributed by atoms with Crippen molar-refractivity contribution >= 4 is 28.5 Å². The van der Waals surface area contributed by atoms with Gasteiger partial charge in [-0.25, -0.2) is 4.68 Å². The summed E-state index contributed by atoms with van der Waals surface area (Å²) >= 11 is 0. The van der Waals surface area contributed by atoms with Crippen LogP contribution in [0.3, 0.4) is 0 Å². The monoisotopic (exact) mass is 543 g/mol. The molecule has 1 N–H and O–H groups in total. The van der Waals surface area contributed by atoms with Crippen LogP contribution in [-0.4, -0.2) is 60.3 Å². The van der Waals surface area contributed by atoms with Gasteiger partial charge < -0.3 is 19.5 Å². The number of nitrogens with one attached hydrogen (secondary N) is 1. The standard InChI is InChI=1S/C30H33N5O5/c1-20-9-4-5-11-23(20)29(30(37)31-18-22-10-8-16-40-22)35(21-14-15-26(38-2)27(17-21)39-3)28(36)19-34-25-13-7-6-12-24(25)32-33-34/h4-7,9,11-15,17,22,29H,8,10,16,18-19H2,1-3H3,(H,31,37). The first-order valence-corrected chi connectivity index (χ1v) is 13.3. The summed E-state index contributed by atoms with van der Waals surface area (Å²) in [6.07, 6.45) is 1.80. The van der Waals surface area contributed by atoms with E-state index in [9.17, 15) is 9.59 Å². The third-order valence-electron chi connectivity index (χ3n) is 7.14. The fourth-order valence-electron chi connectivity index (χ4n) is 5.06. The molecule has 5 rings (SSSR count). The number of rotatable bonds is 10. The molecule has 2 heterocycles. The summed E-state index contributed by atoms with van der Waals surface area (Å²) in [5.41, 5.74) is 3.46. The van der Waals surface area contributed by atoms with E-state index in [0.29, 0.717) is 41.4 Å². The van der Waals surface area contributed by atoms with Crippen LogP contribution in [0.5, 0.6) is 11.5 Å². The van der Waals surface area contributed by atoms with Gasteiger partial charge in [0.25, 0.3) is 0 Å². The van der Waals surface area contributed by atoms with E-state index in [1.54, 1.807) is 30.0 Å². The molecule has 1 aliphatic rings. The Balaban J connectivity index is 1.59. The smallest absolute Gasteiger partial charge is 0.249 e. The van der Waals surface area contributed by atoms with Gasteiger partial charge in [-0.05, 0) is 55.2 Å². The van der Waals surface area contributed by atoms with Crippen molar-refractivity contribution in [2.75, 3.05) is 32.3 Å². The van der Waals surface area contributed by atoms with Crippen molar-refractivity contribution in [3.63, 3.8) is 0 Å². The van der Waals surface area contributed by atoms with Crippen molar-refractivity contribution in [3.05, 3.63) is 77.9 Å². The quantitative estimate of drug-likeness (QED) is 0.324. The summed E-state index contributed by atoms with van der Waals surface area (Å²) in [6, 6.07) is 19.2. The molecular weight excluding hydrogens is 510 g/mol. The largest absolute Gasteiger partial charge is 0.493 e. The van der Waals surface area contributed by atoms with Gasteiger partial charge in [0, 0.05) is 24.9 Å². The number of carbonyl (C=O) groups excluding carboxylic acids is 2. The number of aryl methyl sites for hydroxylation is 1. The van der Waals surface area contributed by atoms with Crippen LogP contribution in [0.25, 0.3) is 11.0 Å². The maximum absolute atomic E-state index is 14.3. The highest BCUT2D eigenvalue weighted by molar-refractivity contribution is 6.02. The van der Waals surface area contributed by atoms with Gasteiger partial charge in [-0.1, -0.05) is 41.6 Å². The predicted octanol–water partition coefficient (Wildman–Crippen LogP) is 3.83. The Labute approximate surface area is 232 Å². The summed E-state index contributed by atoms with van der Waals surface area (Å²) in [7, 11) is 3.08. The second kappa shape index (κ2) is 12.2. The van der Waals surface area contributed by atoms with Crippen molar-refractivity contribution < 1.29 is 23.8 Å². The van der Waals surface area contributed by atoms with Crippen LogP contribution in [0.2, 0.25) is 0 Å². The molecule has 208 valence electrons. The Kier molecular flexibility index (Phi) is 8.26. The second-order valence-corrected chi connectivity index (χ2v) is 9.68. The van der Waals surface area contributed by atoms with Gasteiger partial charge in [-0.3, -0.25) is 14.5 Å². The molecular formula is C30H33N5O5. The maximum Gasteiger partial charge on any atom is 0.249 e. The normalized spacial score (nSPS) is 15.5. The zero-order valence-corrected chi connectivity index (χ0v) is 22.9. The van der Waals surface area contributed by atoms with Crippen molar-refractivity contribution in [1.82, 2.24) is 20.3 Å². The first kappa shape index (κ1) is 27.1. The van der Waals surface area contributed by atoms with Crippen molar-refractivity contribution in [2.24, 2.45) is 0 Å². The van der Waals surface area contributed by atoms with Crippen LogP contribution >= 0.6 is 0 Å². The van der Waals surface area contributed by atoms with Crippen LogP contribution < -0.4 is 19.7 Å². The number of aromatic nitrogens is 3. The number of para-hydroxylation sites is 1. The van der Waals surface area contributed by atoms with Gasteiger partial charge in [0.15, 0.2) is 11.5 Å². The van der Waals surface area contributed by atoms with E-state index >= 15 is 0 Å². The highest BCUT2D eigenvalue weighted by atomic mass is 16.5. The lowest BCUT2D eigenvalue weighted by Crippen LogP contribution is -2.47. The number of anilines is 1. The molecule has 0 spiro atoms. The lowest BCUT2D eigenvalue weighted by Gasteiger charge is -2.33. The SMILES string of the molecule is COc1ccc(N(C(=O)Cn2nnc3ccccc32)C(C(=O)NCC2CCCO2)c2ccccc2C)cc1OC. The Hall–Kier alpha value is -4.44. The van der Waals surface area contributed by atoms with E-state index in [1.165, 1.54) is 12.0 Å². The zero-order valence-electron chi connectivity index (χ0n) is 22.9. The van der Waals surface area contributed by atoms with E-state index in [2.05, 4.69) is 15.6 Å². The highest BCUT2D eigenvalue weighted by Gasteiger charge is 2.35. The average molecular weight is 544 g/mol. The van der Waals surface area contributed by atoms with Gasteiger partial charge >= 0.3 is 0 Å². The summed E-state index contributed by atoms with van der Waals surface area (Å²) in [5.74, 6) is 0.295. The zero-order chi connectivity index (χ0) is 28.1. The van der Waals surface area contributed by atoms with Gasteiger partial charge in [-0.15, -0.1) is 5.10 Å². The molecule has 1 aromatic heterocycles. The number of methoxy groups -OCH3 is 2. The van der Waals surface area contributed by atoms with E-state index in [0.717, 1.165) is 23.9 Å². The van der Waals surface area contributed by atoms with Gasteiger partial charge in [0.1, 0.15) is 18.1 Å². The number of amides is 2. The van der Waals surface area contributed by atoms with Crippen LogP contribution in [0.4, 0.5) is 5.69 Å². The minimum absolute atomic E-state index is 0.0479. The van der Waals surface area contributed by atoms with Crippen LogP contribution in [0, 0.1) is 6.92 Å². The number of carbonyl (C=O) groups is 2. The fraction of sp³-hybridized carbons (Fsp3) is 0.333. The van der Waals surface area contributed by atoms with E-state index in [4.69, 9.17) is 14.2 Å². The predicted molar refractivity (Wildman–Crippen MR) is 150 cm³/mol. The minimum atomic E-state index is -0.969. The summed E-state index contributed by atoms with van der Waals surface area (Å²) in [6.45, 7) is 2.85. The molecule has 2 amide bonds. The number of ether oxygens (including phenoxy) is 3. The Morgan fingerprint density at radius 1 is 1.07 bits per heavy atom. The first-order chi connectivity index (χ1) is 19.5. The number of benzene rings is 3. The Morgan fingerprint density at radius 3 is 2.60 bits per heavy atom.